The first-order chi connectivity index (χ1) is 12.6. The van der Waals surface area contributed by atoms with E-state index >= 15 is 0 Å². The third-order valence-electron chi connectivity index (χ3n) is 3.98. The van der Waals surface area contributed by atoms with E-state index in [-0.39, 0.29) is 11.7 Å². The molecular weight excluding hydrogens is 324 g/mol. The molecule has 132 valence electrons. The molecule has 26 heavy (non-hydrogen) atoms. The van der Waals surface area contributed by atoms with Crippen molar-refractivity contribution in [1.29, 1.82) is 0 Å². The summed E-state index contributed by atoms with van der Waals surface area (Å²) in [6.07, 6.45) is 0.638. The predicted molar refractivity (Wildman–Crippen MR) is 103 cm³/mol. The standard InChI is InChI=1S/C13H10O.C10H12O2/c14-13(11-7-3-1-4-8-11)12-9-5-2-6-10-12;1-2-9(10(11)12)8-6-4-3-5-7-8/h1-10H;3-7,9H,2H2,1H3,(H,11,12). The van der Waals surface area contributed by atoms with Gasteiger partial charge in [-0.2, -0.15) is 0 Å². The Hall–Kier alpha value is -3.20. The molecule has 3 aromatic rings. The summed E-state index contributed by atoms with van der Waals surface area (Å²) in [5.41, 5.74) is 2.35. The zero-order valence-corrected chi connectivity index (χ0v) is 14.7. The van der Waals surface area contributed by atoms with Crippen LogP contribution in [-0.2, 0) is 4.79 Å². The number of carbonyl (C=O) groups is 2. The van der Waals surface area contributed by atoms with Crippen LogP contribution in [-0.4, -0.2) is 16.9 Å². The molecular formula is C23H22O3. The van der Waals surface area contributed by atoms with Gasteiger partial charge in [0, 0.05) is 11.1 Å². The van der Waals surface area contributed by atoms with Crippen LogP contribution in [0.5, 0.6) is 0 Å². The second kappa shape index (κ2) is 9.94. The van der Waals surface area contributed by atoms with Gasteiger partial charge in [-0.1, -0.05) is 97.9 Å². The van der Waals surface area contributed by atoms with Crippen molar-refractivity contribution in [3.63, 3.8) is 0 Å². The normalized spacial score (nSPS) is 11.0. The van der Waals surface area contributed by atoms with Crippen molar-refractivity contribution < 1.29 is 14.7 Å². The Morgan fingerprint density at radius 1 is 0.731 bits per heavy atom. The molecule has 0 saturated carbocycles. The number of benzene rings is 3. The van der Waals surface area contributed by atoms with E-state index in [1.807, 2.05) is 97.9 Å². The fraction of sp³-hybridized carbons (Fsp3) is 0.130. The SMILES string of the molecule is CCC(C(=O)O)c1ccccc1.O=C(c1ccccc1)c1ccccc1. The Balaban J connectivity index is 0.000000190. The summed E-state index contributed by atoms with van der Waals surface area (Å²) in [5.74, 6) is -1.03. The predicted octanol–water partition coefficient (Wildman–Crippen LogP) is 5.18. The van der Waals surface area contributed by atoms with Gasteiger partial charge >= 0.3 is 5.97 Å². The number of aliphatic carboxylic acids is 1. The highest BCUT2D eigenvalue weighted by atomic mass is 16.4. The monoisotopic (exact) mass is 346 g/mol. The molecule has 0 aliphatic rings. The van der Waals surface area contributed by atoms with Crippen molar-refractivity contribution >= 4 is 11.8 Å². The molecule has 0 amide bonds. The van der Waals surface area contributed by atoms with E-state index in [9.17, 15) is 9.59 Å². The molecule has 0 aliphatic carbocycles. The molecule has 3 aromatic carbocycles. The van der Waals surface area contributed by atoms with Crippen LogP contribution in [0.1, 0.15) is 40.7 Å². The Morgan fingerprint density at radius 2 is 1.12 bits per heavy atom. The number of carbonyl (C=O) groups excluding carboxylic acids is 1. The maximum absolute atomic E-state index is 11.8. The molecule has 0 saturated heterocycles. The van der Waals surface area contributed by atoms with Crippen LogP contribution >= 0.6 is 0 Å². The van der Waals surface area contributed by atoms with Crippen LogP contribution in [0.2, 0.25) is 0 Å². The van der Waals surface area contributed by atoms with E-state index in [1.54, 1.807) is 0 Å². The number of carboxylic acid groups (broad SMARTS) is 1. The summed E-state index contributed by atoms with van der Waals surface area (Å²) in [4.78, 5) is 22.6. The van der Waals surface area contributed by atoms with Crippen molar-refractivity contribution in [3.05, 3.63) is 108 Å². The van der Waals surface area contributed by atoms with Gasteiger partial charge in [0.1, 0.15) is 0 Å². The fourth-order valence-electron chi connectivity index (χ4n) is 2.58. The van der Waals surface area contributed by atoms with Crippen molar-refractivity contribution in [2.24, 2.45) is 0 Å². The van der Waals surface area contributed by atoms with E-state index in [0.29, 0.717) is 6.42 Å². The first-order valence-electron chi connectivity index (χ1n) is 8.56. The van der Waals surface area contributed by atoms with Gasteiger partial charge in [-0.25, -0.2) is 0 Å². The van der Waals surface area contributed by atoms with Gasteiger partial charge in [0.15, 0.2) is 5.78 Å². The molecule has 3 nitrogen and oxygen atoms in total. The molecule has 1 atom stereocenters. The Bertz CT molecular complexity index is 770. The summed E-state index contributed by atoms with van der Waals surface area (Å²) in [5, 5.41) is 8.83. The third-order valence-corrected chi connectivity index (χ3v) is 3.98. The highest BCUT2D eigenvalue weighted by molar-refractivity contribution is 6.08. The average Bonchev–Trinajstić information content (AvgIpc) is 2.70. The number of carboxylic acids is 1. The quantitative estimate of drug-likeness (QED) is 0.647. The number of rotatable bonds is 5. The van der Waals surface area contributed by atoms with Gasteiger partial charge in [0.25, 0.3) is 0 Å². The number of hydrogen-bond acceptors (Lipinski definition) is 2. The van der Waals surface area contributed by atoms with Crippen LogP contribution < -0.4 is 0 Å². The lowest BCUT2D eigenvalue weighted by molar-refractivity contribution is -0.138. The van der Waals surface area contributed by atoms with E-state index in [0.717, 1.165) is 16.7 Å². The summed E-state index contributed by atoms with van der Waals surface area (Å²) >= 11 is 0. The second-order valence-electron chi connectivity index (χ2n) is 5.77. The van der Waals surface area contributed by atoms with Gasteiger partial charge in [-0.05, 0) is 12.0 Å². The van der Waals surface area contributed by atoms with E-state index in [2.05, 4.69) is 0 Å². The fourth-order valence-corrected chi connectivity index (χ4v) is 2.58. The second-order valence-corrected chi connectivity index (χ2v) is 5.77. The van der Waals surface area contributed by atoms with Gasteiger partial charge < -0.3 is 5.11 Å². The highest BCUT2D eigenvalue weighted by Gasteiger charge is 2.16. The summed E-state index contributed by atoms with van der Waals surface area (Å²) in [7, 11) is 0. The molecule has 0 fully saturated rings. The van der Waals surface area contributed by atoms with Crippen molar-refractivity contribution in [1.82, 2.24) is 0 Å². The molecule has 0 spiro atoms. The molecule has 0 aliphatic heterocycles. The first kappa shape index (κ1) is 19.1. The van der Waals surface area contributed by atoms with Crippen LogP contribution in [0.4, 0.5) is 0 Å². The molecule has 0 bridgehead atoms. The Morgan fingerprint density at radius 3 is 1.46 bits per heavy atom. The third kappa shape index (κ3) is 5.42. The Kier molecular flexibility index (Phi) is 7.31. The molecule has 0 aromatic heterocycles. The number of ketones is 1. The van der Waals surface area contributed by atoms with Crippen LogP contribution in [0.25, 0.3) is 0 Å². The lowest BCUT2D eigenvalue weighted by Crippen LogP contribution is -2.09. The van der Waals surface area contributed by atoms with Crippen molar-refractivity contribution in [2.45, 2.75) is 19.3 Å². The van der Waals surface area contributed by atoms with E-state index < -0.39 is 5.97 Å². The number of hydrogen-bond donors (Lipinski definition) is 1. The zero-order valence-electron chi connectivity index (χ0n) is 14.7. The maximum atomic E-state index is 11.8. The minimum absolute atomic E-state index is 0.0752. The van der Waals surface area contributed by atoms with Gasteiger partial charge in [0.2, 0.25) is 0 Å². The van der Waals surface area contributed by atoms with E-state index in [1.165, 1.54) is 0 Å². The van der Waals surface area contributed by atoms with Crippen LogP contribution in [0.15, 0.2) is 91.0 Å². The lowest BCUT2D eigenvalue weighted by Gasteiger charge is -2.08. The van der Waals surface area contributed by atoms with Crippen LogP contribution in [0.3, 0.4) is 0 Å². The zero-order chi connectivity index (χ0) is 18.8. The van der Waals surface area contributed by atoms with E-state index in [4.69, 9.17) is 5.11 Å². The largest absolute Gasteiger partial charge is 0.481 e. The molecule has 3 rings (SSSR count). The Labute approximate surface area is 153 Å². The maximum Gasteiger partial charge on any atom is 0.310 e. The minimum atomic E-state index is -0.747. The van der Waals surface area contributed by atoms with Gasteiger partial charge in [-0.15, -0.1) is 0 Å². The summed E-state index contributed by atoms with van der Waals surface area (Å²) in [6, 6.07) is 27.9. The molecule has 0 heterocycles. The summed E-state index contributed by atoms with van der Waals surface area (Å²) < 4.78 is 0. The van der Waals surface area contributed by atoms with Crippen molar-refractivity contribution in [2.75, 3.05) is 0 Å². The molecule has 1 N–H and O–H groups in total. The minimum Gasteiger partial charge on any atom is -0.481 e. The van der Waals surface area contributed by atoms with Crippen LogP contribution in [0, 0.1) is 0 Å². The molecule has 0 radical (unpaired) electrons. The van der Waals surface area contributed by atoms with Gasteiger partial charge in [0.05, 0.1) is 5.92 Å². The highest BCUT2D eigenvalue weighted by Crippen LogP contribution is 2.18. The summed E-state index contributed by atoms with van der Waals surface area (Å²) in [6.45, 7) is 1.88. The van der Waals surface area contributed by atoms with Crippen molar-refractivity contribution in [3.8, 4) is 0 Å². The first-order valence-corrected chi connectivity index (χ1v) is 8.56. The lowest BCUT2D eigenvalue weighted by atomic mass is 9.97. The molecule has 1 unspecified atom stereocenters. The topological polar surface area (TPSA) is 54.4 Å². The molecule has 3 heteroatoms. The average molecular weight is 346 g/mol. The smallest absolute Gasteiger partial charge is 0.310 e. The van der Waals surface area contributed by atoms with Gasteiger partial charge in [-0.3, -0.25) is 9.59 Å².